The number of rotatable bonds is 6. The summed E-state index contributed by atoms with van der Waals surface area (Å²) < 4.78 is 22.0. The minimum Gasteiger partial charge on any atom is -0.459 e. The van der Waals surface area contributed by atoms with Gasteiger partial charge in [0.1, 0.15) is 6.61 Å². The van der Waals surface area contributed by atoms with Gasteiger partial charge in [-0.2, -0.15) is 0 Å². The Balaban J connectivity index is 1.50. The molecule has 1 saturated heterocycles. The second-order valence-electron chi connectivity index (χ2n) is 6.21. The van der Waals surface area contributed by atoms with Gasteiger partial charge in [-0.1, -0.05) is 36.4 Å². The minimum atomic E-state index is -0.702. The molecule has 1 fully saturated rings. The summed E-state index contributed by atoms with van der Waals surface area (Å²) in [5.41, 5.74) is 0.970. The predicted octanol–water partition coefficient (Wildman–Crippen LogP) is 3.22. The second-order valence-corrected chi connectivity index (χ2v) is 6.21. The molecule has 0 bridgehead atoms. The van der Waals surface area contributed by atoms with Gasteiger partial charge in [0.25, 0.3) is 0 Å². The van der Waals surface area contributed by atoms with Crippen molar-refractivity contribution >= 4 is 11.9 Å². The first kappa shape index (κ1) is 19.1. The third-order valence-electron chi connectivity index (χ3n) is 4.31. The first-order valence-corrected chi connectivity index (χ1v) is 8.84. The van der Waals surface area contributed by atoms with Crippen LogP contribution in [0.1, 0.15) is 33.6 Å². The standard InChI is InChI=1S/C21H22O6/c1-24-21-18(27-20(23)16-10-6-3-7-11-16)13-12-17(26-21)14-25-19(22)15-8-4-2-5-9-15/h2-11,17-18,21H,12-14H2,1H3. The molecular weight excluding hydrogens is 348 g/mol. The Hall–Kier alpha value is -2.70. The second kappa shape index (κ2) is 9.30. The Bertz CT molecular complexity index is 746. The summed E-state index contributed by atoms with van der Waals surface area (Å²) in [5.74, 6) is -0.814. The van der Waals surface area contributed by atoms with Crippen molar-refractivity contribution in [3.63, 3.8) is 0 Å². The Morgan fingerprint density at radius 2 is 1.52 bits per heavy atom. The van der Waals surface area contributed by atoms with Gasteiger partial charge in [0, 0.05) is 7.11 Å². The lowest BCUT2D eigenvalue weighted by molar-refractivity contribution is -0.234. The van der Waals surface area contributed by atoms with Gasteiger partial charge in [0.05, 0.1) is 17.2 Å². The molecule has 0 N–H and O–H groups in total. The molecule has 0 aliphatic carbocycles. The minimum absolute atomic E-state index is 0.118. The van der Waals surface area contributed by atoms with E-state index in [1.165, 1.54) is 7.11 Å². The molecule has 6 heteroatoms. The monoisotopic (exact) mass is 370 g/mol. The number of carbonyl (C=O) groups excluding carboxylic acids is 2. The molecule has 1 aliphatic rings. The number of hydrogen-bond acceptors (Lipinski definition) is 6. The van der Waals surface area contributed by atoms with Gasteiger partial charge >= 0.3 is 11.9 Å². The summed E-state index contributed by atoms with van der Waals surface area (Å²) in [4.78, 5) is 24.3. The molecule has 2 aromatic carbocycles. The van der Waals surface area contributed by atoms with E-state index in [0.717, 1.165) is 0 Å². The van der Waals surface area contributed by atoms with Crippen LogP contribution >= 0.6 is 0 Å². The van der Waals surface area contributed by atoms with E-state index in [4.69, 9.17) is 18.9 Å². The topological polar surface area (TPSA) is 71.1 Å². The number of esters is 2. The zero-order chi connectivity index (χ0) is 19.1. The lowest BCUT2D eigenvalue weighted by atomic mass is 10.1. The molecule has 6 nitrogen and oxygen atoms in total. The summed E-state index contributed by atoms with van der Waals surface area (Å²) in [5, 5.41) is 0. The Morgan fingerprint density at radius 1 is 0.926 bits per heavy atom. The fourth-order valence-corrected chi connectivity index (χ4v) is 2.88. The third kappa shape index (κ3) is 5.15. The number of hydrogen-bond donors (Lipinski definition) is 0. The molecule has 0 amide bonds. The van der Waals surface area contributed by atoms with Gasteiger partial charge in [-0.3, -0.25) is 0 Å². The number of ether oxygens (including phenoxy) is 4. The SMILES string of the molecule is COC1OC(COC(=O)c2ccccc2)CCC1OC(=O)c1ccccc1. The quantitative estimate of drug-likeness (QED) is 0.727. The van der Waals surface area contributed by atoms with Crippen LogP contribution in [0, 0.1) is 0 Å². The molecule has 3 unspecified atom stereocenters. The first-order chi connectivity index (χ1) is 13.2. The number of carbonyl (C=O) groups is 2. The molecule has 2 aromatic rings. The highest BCUT2D eigenvalue weighted by molar-refractivity contribution is 5.89. The lowest BCUT2D eigenvalue weighted by Gasteiger charge is -2.34. The third-order valence-corrected chi connectivity index (χ3v) is 4.31. The number of methoxy groups -OCH3 is 1. The highest BCUT2D eigenvalue weighted by Gasteiger charge is 2.35. The van der Waals surface area contributed by atoms with Gasteiger partial charge in [0.15, 0.2) is 12.4 Å². The summed E-state index contributed by atoms with van der Waals surface area (Å²) >= 11 is 0. The molecule has 0 aromatic heterocycles. The molecule has 142 valence electrons. The fraction of sp³-hybridized carbons (Fsp3) is 0.333. The summed E-state index contributed by atoms with van der Waals surface area (Å²) in [6, 6.07) is 17.6. The van der Waals surface area contributed by atoms with Crippen LogP contribution in [0.5, 0.6) is 0 Å². The van der Waals surface area contributed by atoms with Crippen molar-refractivity contribution in [2.45, 2.75) is 31.3 Å². The zero-order valence-corrected chi connectivity index (χ0v) is 15.1. The smallest absolute Gasteiger partial charge is 0.338 e. The summed E-state index contributed by atoms with van der Waals surface area (Å²) in [6.45, 7) is 0.118. The van der Waals surface area contributed by atoms with Gasteiger partial charge in [0.2, 0.25) is 0 Å². The van der Waals surface area contributed by atoms with E-state index in [-0.39, 0.29) is 12.7 Å². The molecule has 27 heavy (non-hydrogen) atoms. The average molecular weight is 370 g/mol. The van der Waals surface area contributed by atoms with Gasteiger partial charge in [-0.25, -0.2) is 9.59 Å². The first-order valence-electron chi connectivity index (χ1n) is 8.84. The van der Waals surface area contributed by atoms with E-state index in [1.807, 2.05) is 12.1 Å². The van der Waals surface area contributed by atoms with Crippen LogP contribution in [0.2, 0.25) is 0 Å². The van der Waals surface area contributed by atoms with Crippen LogP contribution in [-0.4, -0.2) is 44.2 Å². The predicted molar refractivity (Wildman–Crippen MR) is 97.3 cm³/mol. The van der Waals surface area contributed by atoms with Gasteiger partial charge in [-0.15, -0.1) is 0 Å². The van der Waals surface area contributed by atoms with Gasteiger partial charge < -0.3 is 18.9 Å². The lowest BCUT2D eigenvalue weighted by Crippen LogP contribution is -2.44. The largest absolute Gasteiger partial charge is 0.459 e. The summed E-state index contributed by atoms with van der Waals surface area (Å²) in [6.07, 6.45) is -0.371. The van der Waals surface area contributed by atoms with Crippen molar-refractivity contribution < 1.29 is 28.5 Å². The Morgan fingerprint density at radius 3 is 2.11 bits per heavy atom. The van der Waals surface area contributed by atoms with Crippen molar-refractivity contribution in [1.82, 2.24) is 0 Å². The van der Waals surface area contributed by atoms with Crippen molar-refractivity contribution in [1.29, 1.82) is 0 Å². The molecule has 3 rings (SSSR count). The van der Waals surface area contributed by atoms with E-state index in [2.05, 4.69) is 0 Å². The van der Waals surface area contributed by atoms with Crippen molar-refractivity contribution in [3.8, 4) is 0 Å². The van der Waals surface area contributed by atoms with Crippen LogP contribution in [-0.2, 0) is 18.9 Å². The maximum Gasteiger partial charge on any atom is 0.338 e. The van der Waals surface area contributed by atoms with Crippen molar-refractivity contribution in [2.75, 3.05) is 13.7 Å². The highest BCUT2D eigenvalue weighted by Crippen LogP contribution is 2.24. The van der Waals surface area contributed by atoms with E-state index >= 15 is 0 Å². The molecule has 1 heterocycles. The average Bonchev–Trinajstić information content (AvgIpc) is 2.74. The maximum absolute atomic E-state index is 12.2. The van der Waals surface area contributed by atoms with E-state index in [0.29, 0.717) is 24.0 Å². The van der Waals surface area contributed by atoms with Crippen molar-refractivity contribution in [3.05, 3.63) is 71.8 Å². The van der Waals surface area contributed by atoms with E-state index in [9.17, 15) is 9.59 Å². The van der Waals surface area contributed by atoms with Crippen LogP contribution in [0.15, 0.2) is 60.7 Å². The molecule has 3 atom stereocenters. The Labute approximate surface area is 158 Å². The molecule has 0 spiro atoms. The number of benzene rings is 2. The van der Waals surface area contributed by atoms with Crippen LogP contribution in [0.4, 0.5) is 0 Å². The van der Waals surface area contributed by atoms with E-state index in [1.54, 1.807) is 48.5 Å². The van der Waals surface area contributed by atoms with Crippen LogP contribution < -0.4 is 0 Å². The zero-order valence-electron chi connectivity index (χ0n) is 15.1. The van der Waals surface area contributed by atoms with Gasteiger partial charge in [-0.05, 0) is 37.1 Å². The molecule has 0 saturated carbocycles. The molecular formula is C21H22O6. The normalized spacial score (nSPS) is 22.0. The van der Waals surface area contributed by atoms with Crippen LogP contribution in [0.3, 0.4) is 0 Å². The van der Waals surface area contributed by atoms with E-state index < -0.39 is 24.3 Å². The summed E-state index contributed by atoms with van der Waals surface area (Å²) in [7, 11) is 1.49. The highest BCUT2D eigenvalue weighted by atomic mass is 16.7. The van der Waals surface area contributed by atoms with Crippen molar-refractivity contribution in [2.24, 2.45) is 0 Å². The Kier molecular flexibility index (Phi) is 6.57. The fourth-order valence-electron chi connectivity index (χ4n) is 2.88. The molecule has 0 radical (unpaired) electrons. The molecule has 1 aliphatic heterocycles. The maximum atomic E-state index is 12.2. The van der Waals surface area contributed by atoms with Crippen LogP contribution in [0.25, 0.3) is 0 Å².